The van der Waals surface area contributed by atoms with Crippen molar-refractivity contribution in [3.63, 3.8) is 0 Å². The van der Waals surface area contributed by atoms with Crippen LogP contribution in [0.15, 0.2) is 0 Å². The Balaban J connectivity index is -0.000000588. The number of aliphatic hydroxyl groups excluding tert-OH is 6. The SMILES string of the molecule is CC(O)CCCCCCCCCCCO.CC(O)CCCCCCCCCCCO.OCCCCCCCCCCCCCO. The molecular formula is C39H84O6. The van der Waals surface area contributed by atoms with Crippen LogP contribution in [0.5, 0.6) is 0 Å². The van der Waals surface area contributed by atoms with Gasteiger partial charge in [0.05, 0.1) is 12.2 Å². The van der Waals surface area contributed by atoms with Gasteiger partial charge in [-0.05, 0) is 52.4 Å². The quantitative estimate of drug-likeness (QED) is 0.0386. The van der Waals surface area contributed by atoms with E-state index in [1.54, 1.807) is 0 Å². The van der Waals surface area contributed by atoms with Crippen molar-refractivity contribution in [3.05, 3.63) is 0 Å². The first-order valence-corrected chi connectivity index (χ1v) is 19.8. The van der Waals surface area contributed by atoms with E-state index in [0.717, 1.165) is 38.5 Å². The van der Waals surface area contributed by atoms with Gasteiger partial charge in [-0.15, -0.1) is 0 Å². The van der Waals surface area contributed by atoms with E-state index in [0.29, 0.717) is 26.4 Å². The first-order valence-electron chi connectivity index (χ1n) is 19.8. The molecule has 0 aliphatic carbocycles. The van der Waals surface area contributed by atoms with Crippen LogP contribution in [0.3, 0.4) is 0 Å². The summed E-state index contributed by atoms with van der Waals surface area (Å²) in [5, 5.41) is 52.5. The molecule has 0 aromatic rings. The molecule has 6 heteroatoms. The second-order valence-electron chi connectivity index (χ2n) is 13.4. The van der Waals surface area contributed by atoms with Gasteiger partial charge in [0.1, 0.15) is 0 Å². The fourth-order valence-corrected chi connectivity index (χ4v) is 5.39. The van der Waals surface area contributed by atoms with Gasteiger partial charge < -0.3 is 30.6 Å². The molecule has 0 aliphatic rings. The lowest BCUT2D eigenvalue weighted by Crippen LogP contribution is -1.98. The minimum Gasteiger partial charge on any atom is -0.396 e. The lowest BCUT2D eigenvalue weighted by atomic mass is 10.1. The summed E-state index contributed by atoms with van der Waals surface area (Å²) >= 11 is 0. The molecule has 0 heterocycles. The van der Waals surface area contributed by atoms with E-state index in [9.17, 15) is 0 Å². The molecule has 276 valence electrons. The van der Waals surface area contributed by atoms with Crippen LogP contribution in [0.4, 0.5) is 0 Å². The van der Waals surface area contributed by atoms with Gasteiger partial charge in [-0.3, -0.25) is 0 Å². The van der Waals surface area contributed by atoms with Gasteiger partial charge in [-0.1, -0.05) is 161 Å². The second-order valence-corrected chi connectivity index (χ2v) is 13.4. The maximum Gasteiger partial charge on any atom is 0.0512 e. The Bertz CT molecular complexity index is 421. The van der Waals surface area contributed by atoms with Crippen molar-refractivity contribution in [2.45, 2.75) is 225 Å². The average Bonchev–Trinajstić information content (AvgIpc) is 3.02. The minimum atomic E-state index is -0.122. The normalized spacial score (nSPS) is 12.3. The first-order chi connectivity index (χ1) is 22.0. The lowest BCUT2D eigenvalue weighted by Gasteiger charge is -2.04. The second kappa shape index (κ2) is 48.2. The lowest BCUT2D eigenvalue weighted by molar-refractivity contribution is 0.180. The molecule has 2 unspecified atom stereocenters. The molecule has 2 atom stereocenters. The Morgan fingerprint density at radius 2 is 0.378 bits per heavy atom. The molecule has 0 aromatic heterocycles. The van der Waals surface area contributed by atoms with E-state index in [4.69, 9.17) is 30.6 Å². The average molecular weight is 649 g/mol. The van der Waals surface area contributed by atoms with Crippen LogP contribution in [0.2, 0.25) is 0 Å². The molecule has 0 radical (unpaired) electrons. The van der Waals surface area contributed by atoms with Crippen molar-refractivity contribution in [3.8, 4) is 0 Å². The predicted molar refractivity (Wildman–Crippen MR) is 195 cm³/mol. The highest BCUT2D eigenvalue weighted by atomic mass is 16.3. The van der Waals surface area contributed by atoms with Gasteiger partial charge in [0.15, 0.2) is 0 Å². The van der Waals surface area contributed by atoms with E-state index in [1.807, 2.05) is 13.8 Å². The Morgan fingerprint density at radius 1 is 0.244 bits per heavy atom. The van der Waals surface area contributed by atoms with Crippen molar-refractivity contribution < 1.29 is 30.6 Å². The topological polar surface area (TPSA) is 121 Å². The van der Waals surface area contributed by atoms with Crippen LogP contribution in [-0.4, -0.2) is 69.3 Å². The van der Waals surface area contributed by atoms with Crippen LogP contribution in [-0.2, 0) is 0 Å². The first kappa shape index (κ1) is 49.2. The van der Waals surface area contributed by atoms with Gasteiger partial charge in [0, 0.05) is 26.4 Å². The van der Waals surface area contributed by atoms with Gasteiger partial charge in [0.2, 0.25) is 0 Å². The van der Waals surface area contributed by atoms with E-state index in [-0.39, 0.29) is 12.2 Å². The minimum absolute atomic E-state index is 0.122. The Hall–Kier alpha value is -0.240. The maximum absolute atomic E-state index is 9.06. The third-order valence-corrected chi connectivity index (χ3v) is 8.38. The highest BCUT2D eigenvalue weighted by Gasteiger charge is 1.97. The van der Waals surface area contributed by atoms with Crippen molar-refractivity contribution in [1.82, 2.24) is 0 Å². The molecular weight excluding hydrogens is 564 g/mol. The summed E-state index contributed by atoms with van der Waals surface area (Å²) in [5.41, 5.74) is 0. The molecule has 0 aromatic carbocycles. The van der Waals surface area contributed by atoms with Gasteiger partial charge in [-0.25, -0.2) is 0 Å². The standard InChI is InChI=1S/3C13H28O2/c2*1-13(15)11-9-7-5-3-2-4-6-8-10-12-14;14-12-10-8-6-4-2-1-3-5-7-9-11-13-15/h2*13-15H,2-12H2,1H3;14-15H,1-13H2. The molecule has 0 spiro atoms. The monoisotopic (exact) mass is 649 g/mol. The van der Waals surface area contributed by atoms with Crippen molar-refractivity contribution in [2.24, 2.45) is 0 Å². The van der Waals surface area contributed by atoms with Crippen LogP contribution in [0.1, 0.15) is 213 Å². The molecule has 0 saturated carbocycles. The number of unbranched alkanes of at least 4 members (excludes halogenated alkanes) is 26. The molecule has 0 rings (SSSR count). The highest BCUT2D eigenvalue weighted by Crippen LogP contribution is 2.13. The van der Waals surface area contributed by atoms with Gasteiger partial charge in [-0.2, -0.15) is 0 Å². The Kier molecular flexibility index (Phi) is 52.6. The van der Waals surface area contributed by atoms with E-state index in [2.05, 4.69) is 0 Å². The number of hydrogen-bond donors (Lipinski definition) is 6. The van der Waals surface area contributed by atoms with Crippen molar-refractivity contribution in [1.29, 1.82) is 0 Å². The summed E-state index contributed by atoms with van der Waals surface area (Å²) in [7, 11) is 0. The maximum atomic E-state index is 9.06. The van der Waals surface area contributed by atoms with Gasteiger partial charge in [0.25, 0.3) is 0 Å². The molecule has 0 amide bonds. The highest BCUT2D eigenvalue weighted by molar-refractivity contribution is 4.52. The molecule has 45 heavy (non-hydrogen) atoms. The molecule has 0 fully saturated rings. The number of hydrogen-bond acceptors (Lipinski definition) is 6. The molecule has 0 bridgehead atoms. The van der Waals surface area contributed by atoms with Crippen LogP contribution >= 0.6 is 0 Å². The number of aliphatic hydroxyl groups is 6. The Morgan fingerprint density at radius 3 is 0.511 bits per heavy atom. The zero-order valence-electron chi connectivity index (χ0n) is 30.6. The zero-order valence-corrected chi connectivity index (χ0v) is 30.6. The third-order valence-electron chi connectivity index (χ3n) is 8.38. The fourth-order valence-electron chi connectivity index (χ4n) is 5.39. The van der Waals surface area contributed by atoms with E-state index in [1.165, 1.54) is 161 Å². The molecule has 6 N–H and O–H groups in total. The predicted octanol–water partition coefficient (Wildman–Crippen LogP) is 9.78. The van der Waals surface area contributed by atoms with Crippen LogP contribution in [0.25, 0.3) is 0 Å². The van der Waals surface area contributed by atoms with Crippen molar-refractivity contribution >= 4 is 0 Å². The summed E-state index contributed by atoms with van der Waals surface area (Å²) in [4.78, 5) is 0. The molecule has 0 saturated heterocycles. The smallest absolute Gasteiger partial charge is 0.0512 e. The van der Waals surface area contributed by atoms with Crippen molar-refractivity contribution in [2.75, 3.05) is 26.4 Å². The van der Waals surface area contributed by atoms with Crippen LogP contribution in [0, 0.1) is 0 Å². The number of rotatable bonds is 34. The summed E-state index contributed by atoms with van der Waals surface area (Å²) in [6, 6.07) is 0. The summed E-state index contributed by atoms with van der Waals surface area (Å²) in [5.74, 6) is 0. The fraction of sp³-hybridized carbons (Fsp3) is 1.00. The van der Waals surface area contributed by atoms with E-state index < -0.39 is 0 Å². The summed E-state index contributed by atoms with van der Waals surface area (Å²) in [6.07, 6.45) is 37.6. The van der Waals surface area contributed by atoms with Gasteiger partial charge >= 0.3 is 0 Å². The largest absolute Gasteiger partial charge is 0.396 e. The third kappa shape index (κ3) is 59.7. The summed E-state index contributed by atoms with van der Waals surface area (Å²) < 4.78 is 0. The molecule has 0 aliphatic heterocycles. The molecule has 6 nitrogen and oxygen atoms in total. The van der Waals surface area contributed by atoms with E-state index >= 15 is 0 Å². The van der Waals surface area contributed by atoms with Crippen LogP contribution < -0.4 is 0 Å². The summed E-state index contributed by atoms with van der Waals surface area (Å²) in [6.45, 7) is 5.12. The zero-order chi connectivity index (χ0) is 33.9. The Labute approximate surface area is 281 Å².